The highest BCUT2D eigenvalue weighted by molar-refractivity contribution is 5.94. The molecule has 0 aliphatic carbocycles. The lowest BCUT2D eigenvalue weighted by molar-refractivity contribution is -0.120. The second-order valence-electron chi connectivity index (χ2n) is 6.19. The second-order valence-corrected chi connectivity index (χ2v) is 6.19. The first-order valence-electron chi connectivity index (χ1n) is 8.58. The maximum absolute atomic E-state index is 12.9. The molecule has 5 nitrogen and oxygen atoms in total. The summed E-state index contributed by atoms with van der Waals surface area (Å²) in [5.74, 6) is 0.588. The number of hydrogen-bond acceptors (Lipinski definition) is 3. The molecule has 2 aromatic carbocycles. The Kier molecular flexibility index (Phi) is 5.37. The number of rotatable bonds is 6. The van der Waals surface area contributed by atoms with Crippen LogP contribution in [-0.2, 0) is 18.4 Å². The first-order valence-corrected chi connectivity index (χ1v) is 8.58. The Morgan fingerprint density at radius 1 is 1.04 bits per heavy atom. The van der Waals surface area contributed by atoms with Crippen LogP contribution < -0.4 is 9.64 Å². The number of carbonyl (C=O) groups is 1. The fourth-order valence-corrected chi connectivity index (χ4v) is 2.88. The van der Waals surface area contributed by atoms with Crippen molar-refractivity contribution < 1.29 is 9.53 Å². The van der Waals surface area contributed by atoms with Crippen LogP contribution in [0.1, 0.15) is 17.0 Å². The van der Waals surface area contributed by atoms with Crippen LogP contribution in [0.3, 0.4) is 0 Å². The zero-order chi connectivity index (χ0) is 18.5. The standard InChI is InChI=1S/C21H23N3O2/c1-16-20(17(2)23(3)22-16)14-24(18-10-6-4-7-11-18)21(25)15-26-19-12-8-5-9-13-19/h4-13H,14-15H2,1-3H3. The quantitative estimate of drug-likeness (QED) is 0.682. The minimum Gasteiger partial charge on any atom is -0.484 e. The van der Waals surface area contributed by atoms with Crippen LogP contribution >= 0.6 is 0 Å². The molecular weight excluding hydrogens is 326 g/mol. The van der Waals surface area contributed by atoms with Crippen molar-refractivity contribution in [2.75, 3.05) is 11.5 Å². The minimum absolute atomic E-state index is 0.0166. The Bertz CT molecular complexity index is 873. The number of nitrogens with zero attached hydrogens (tertiary/aromatic N) is 3. The van der Waals surface area contributed by atoms with E-state index in [0.29, 0.717) is 12.3 Å². The zero-order valence-electron chi connectivity index (χ0n) is 15.3. The van der Waals surface area contributed by atoms with Crippen molar-refractivity contribution in [3.8, 4) is 5.75 Å². The minimum atomic E-state index is -0.0947. The van der Waals surface area contributed by atoms with E-state index in [1.54, 1.807) is 4.90 Å². The Balaban J connectivity index is 1.82. The third-order valence-corrected chi connectivity index (χ3v) is 4.45. The third kappa shape index (κ3) is 3.94. The first-order chi connectivity index (χ1) is 12.6. The van der Waals surface area contributed by atoms with E-state index in [9.17, 15) is 4.79 Å². The molecule has 3 rings (SSSR count). The summed E-state index contributed by atoms with van der Waals surface area (Å²) in [5.41, 5.74) is 3.89. The predicted molar refractivity (Wildman–Crippen MR) is 102 cm³/mol. The Morgan fingerprint density at radius 2 is 1.65 bits per heavy atom. The SMILES string of the molecule is Cc1nn(C)c(C)c1CN(C(=O)COc1ccccc1)c1ccccc1. The largest absolute Gasteiger partial charge is 0.484 e. The molecule has 0 radical (unpaired) electrons. The number of ether oxygens (including phenoxy) is 1. The number of benzene rings is 2. The number of amides is 1. The van der Waals surface area contributed by atoms with Gasteiger partial charge in [-0.25, -0.2) is 0 Å². The summed E-state index contributed by atoms with van der Waals surface area (Å²) in [6.45, 7) is 4.43. The van der Waals surface area contributed by atoms with Gasteiger partial charge in [0.25, 0.3) is 5.91 Å². The van der Waals surface area contributed by atoms with Gasteiger partial charge in [-0.15, -0.1) is 0 Å². The molecule has 1 heterocycles. The highest BCUT2D eigenvalue weighted by atomic mass is 16.5. The summed E-state index contributed by atoms with van der Waals surface area (Å²) in [6.07, 6.45) is 0. The van der Waals surface area contributed by atoms with Crippen LogP contribution in [-0.4, -0.2) is 22.3 Å². The molecule has 0 saturated heterocycles. The number of anilines is 1. The van der Waals surface area contributed by atoms with Crippen molar-refractivity contribution in [1.82, 2.24) is 9.78 Å². The maximum atomic E-state index is 12.9. The van der Waals surface area contributed by atoms with E-state index < -0.39 is 0 Å². The average molecular weight is 349 g/mol. The van der Waals surface area contributed by atoms with E-state index in [1.807, 2.05) is 86.2 Å². The molecule has 1 aromatic heterocycles. The van der Waals surface area contributed by atoms with E-state index in [1.165, 1.54) is 0 Å². The molecule has 0 N–H and O–H groups in total. The molecule has 0 aliphatic heterocycles. The van der Waals surface area contributed by atoms with E-state index in [-0.39, 0.29) is 12.5 Å². The van der Waals surface area contributed by atoms with Gasteiger partial charge < -0.3 is 9.64 Å². The molecule has 0 spiro atoms. The predicted octanol–water partition coefficient (Wildman–Crippen LogP) is 3.65. The molecule has 0 saturated carbocycles. The normalized spacial score (nSPS) is 10.6. The number of carbonyl (C=O) groups excluding carboxylic acids is 1. The molecule has 0 fully saturated rings. The highest BCUT2D eigenvalue weighted by Gasteiger charge is 2.20. The van der Waals surface area contributed by atoms with Gasteiger partial charge in [-0.3, -0.25) is 9.48 Å². The molecule has 5 heteroatoms. The smallest absolute Gasteiger partial charge is 0.265 e. The third-order valence-electron chi connectivity index (χ3n) is 4.45. The fourth-order valence-electron chi connectivity index (χ4n) is 2.88. The van der Waals surface area contributed by atoms with Crippen LogP contribution in [0.5, 0.6) is 5.75 Å². The van der Waals surface area contributed by atoms with Crippen molar-refractivity contribution >= 4 is 11.6 Å². The summed E-state index contributed by atoms with van der Waals surface area (Å²) >= 11 is 0. The number of aromatic nitrogens is 2. The number of para-hydroxylation sites is 2. The Labute approximate surface area is 153 Å². The van der Waals surface area contributed by atoms with E-state index in [4.69, 9.17) is 4.74 Å². The Hall–Kier alpha value is -3.08. The zero-order valence-corrected chi connectivity index (χ0v) is 15.3. The van der Waals surface area contributed by atoms with Gasteiger partial charge >= 0.3 is 0 Å². The van der Waals surface area contributed by atoms with Crippen molar-refractivity contribution in [3.63, 3.8) is 0 Å². The number of hydrogen-bond donors (Lipinski definition) is 0. The van der Waals surface area contributed by atoms with Gasteiger partial charge in [-0.2, -0.15) is 5.10 Å². The molecule has 0 aliphatic rings. The van der Waals surface area contributed by atoms with Gasteiger partial charge in [0.1, 0.15) is 5.75 Å². The van der Waals surface area contributed by atoms with E-state index in [0.717, 1.165) is 22.6 Å². The van der Waals surface area contributed by atoms with Crippen LogP contribution in [0.4, 0.5) is 5.69 Å². The summed E-state index contributed by atoms with van der Waals surface area (Å²) < 4.78 is 7.51. The molecule has 0 bridgehead atoms. The molecule has 3 aromatic rings. The summed E-state index contributed by atoms with van der Waals surface area (Å²) in [6, 6.07) is 19.0. The molecule has 134 valence electrons. The molecule has 1 amide bonds. The Morgan fingerprint density at radius 3 is 2.23 bits per heavy atom. The van der Waals surface area contributed by atoms with Crippen molar-refractivity contribution in [2.24, 2.45) is 7.05 Å². The fraction of sp³-hybridized carbons (Fsp3) is 0.238. The van der Waals surface area contributed by atoms with Crippen molar-refractivity contribution in [2.45, 2.75) is 20.4 Å². The monoisotopic (exact) mass is 349 g/mol. The van der Waals surface area contributed by atoms with Crippen LogP contribution in [0, 0.1) is 13.8 Å². The molecule has 0 atom stereocenters. The topological polar surface area (TPSA) is 47.4 Å². The molecular formula is C21H23N3O2. The summed E-state index contributed by atoms with van der Waals surface area (Å²) in [4.78, 5) is 14.7. The lowest BCUT2D eigenvalue weighted by atomic mass is 10.1. The van der Waals surface area contributed by atoms with Crippen LogP contribution in [0.25, 0.3) is 0 Å². The van der Waals surface area contributed by atoms with Gasteiger partial charge in [0, 0.05) is 24.0 Å². The lowest BCUT2D eigenvalue weighted by Crippen LogP contribution is -2.34. The number of aryl methyl sites for hydroxylation is 2. The lowest BCUT2D eigenvalue weighted by Gasteiger charge is -2.23. The first kappa shape index (κ1) is 17.7. The highest BCUT2D eigenvalue weighted by Crippen LogP contribution is 2.21. The molecule has 26 heavy (non-hydrogen) atoms. The summed E-state index contributed by atoms with van der Waals surface area (Å²) in [5, 5.41) is 4.46. The van der Waals surface area contributed by atoms with E-state index in [2.05, 4.69) is 5.10 Å². The van der Waals surface area contributed by atoms with Gasteiger partial charge in [0.15, 0.2) is 6.61 Å². The van der Waals surface area contributed by atoms with E-state index >= 15 is 0 Å². The van der Waals surface area contributed by atoms with Gasteiger partial charge in [-0.1, -0.05) is 36.4 Å². The molecule has 0 unspecified atom stereocenters. The summed E-state index contributed by atoms with van der Waals surface area (Å²) in [7, 11) is 1.92. The van der Waals surface area contributed by atoms with Crippen molar-refractivity contribution in [1.29, 1.82) is 0 Å². The second kappa shape index (κ2) is 7.87. The van der Waals surface area contributed by atoms with Gasteiger partial charge in [0.05, 0.1) is 12.2 Å². The maximum Gasteiger partial charge on any atom is 0.265 e. The van der Waals surface area contributed by atoms with Crippen LogP contribution in [0.15, 0.2) is 60.7 Å². The van der Waals surface area contributed by atoms with Gasteiger partial charge in [0.2, 0.25) is 0 Å². The van der Waals surface area contributed by atoms with Crippen LogP contribution in [0.2, 0.25) is 0 Å². The van der Waals surface area contributed by atoms with Gasteiger partial charge in [-0.05, 0) is 38.1 Å². The van der Waals surface area contributed by atoms with Crippen molar-refractivity contribution in [3.05, 3.63) is 77.6 Å². The average Bonchev–Trinajstić information content (AvgIpc) is 2.91.